The Kier molecular flexibility index (Phi) is 3.93. The van der Waals surface area contributed by atoms with Gasteiger partial charge in [0.15, 0.2) is 0 Å². The molecule has 0 bridgehead atoms. The predicted molar refractivity (Wildman–Crippen MR) is 63.6 cm³/mol. The fraction of sp³-hybridized carbons (Fsp3) is 0.900. The van der Waals surface area contributed by atoms with Crippen LogP contribution >= 0.6 is 0 Å². The smallest absolute Gasteiger partial charge is 0.208 e. The molecule has 3 N–H and O–H groups in total. The summed E-state index contributed by atoms with van der Waals surface area (Å²) >= 11 is 0. The second-order valence-corrected chi connectivity index (χ2v) is 4.60. The number of aliphatic imine (C=N–C) groups is 1. The second kappa shape index (κ2) is 4.81. The summed E-state index contributed by atoms with van der Waals surface area (Å²) in [6, 6.07) is 0. The first-order valence-electron chi connectivity index (χ1n) is 5.48. The Morgan fingerprint density at radius 3 is 2.60 bits per heavy atom. The Morgan fingerprint density at radius 1 is 1.47 bits per heavy atom. The lowest BCUT2D eigenvalue weighted by Gasteiger charge is -2.46. The Balaban J connectivity index is 2.69. The van der Waals surface area contributed by atoms with Gasteiger partial charge in [-0.3, -0.25) is 15.3 Å². The number of likely N-dealkylation sites (N-methyl/N-ethyl adjacent to an activating group) is 1. The SMILES string of the molecule is CCN=C(NN)N1CCN(C)C(C)(C)C1. The normalized spacial score (nSPS) is 23.0. The second-order valence-electron chi connectivity index (χ2n) is 4.60. The average Bonchev–Trinajstić information content (AvgIpc) is 2.18. The summed E-state index contributed by atoms with van der Waals surface area (Å²) < 4.78 is 0. The van der Waals surface area contributed by atoms with Crippen LogP contribution in [0.4, 0.5) is 0 Å². The number of hydrogen-bond acceptors (Lipinski definition) is 3. The summed E-state index contributed by atoms with van der Waals surface area (Å²) in [5.41, 5.74) is 2.85. The zero-order chi connectivity index (χ0) is 11.5. The molecule has 1 fully saturated rings. The van der Waals surface area contributed by atoms with Gasteiger partial charge < -0.3 is 4.90 Å². The van der Waals surface area contributed by atoms with E-state index in [4.69, 9.17) is 5.84 Å². The molecule has 0 unspecified atom stereocenters. The van der Waals surface area contributed by atoms with Gasteiger partial charge in [-0.2, -0.15) is 0 Å². The first kappa shape index (κ1) is 12.3. The van der Waals surface area contributed by atoms with Gasteiger partial charge in [0.2, 0.25) is 5.96 Å². The first-order chi connectivity index (χ1) is 7.01. The molecule has 0 radical (unpaired) electrons. The van der Waals surface area contributed by atoms with Gasteiger partial charge in [0, 0.05) is 31.7 Å². The Bertz CT molecular complexity index is 236. The van der Waals surface area contributed by atoms with Crippen LogP contribution in [0.5, 0.6) is 0 Å². The lowest BCUT2D eigenvalue weighted by Crippen LogP contribution is -2.61. The lowest BCUT2D eigenvalue weighted by molar-refractivity contribution is 0.0726. The third-order valence-electron chi connectivity index (χ3n) is 3.05. The van der Waals surface area contributed by atoms with Crippen LogP contribution in [0.3, 0.4) is 0 Å². The van der Waals surface area contributed by atoms with Gasteiger partial charge >= 0.3 is 0 Å². The minimum Gasteiger partial charge on any atom is -0.339 e. The van der Waals surface area contributed by atoms with Gasteiger partial charge in [0.05, 0.1) is 0 Å². The zero-order valence-electron chi connectivity index (χ0n) is 10.2. The van der Waals surface area contributed by atoms with Crippen LogP contribution in [0.2, 0.25) is 0 Å². The van der Waals surface area contributed by atoms with Crippen molar-refractivity contribution in [2.75, 3.05) is 33.2 Å². The van der Waals surface area contributed by atoms with Crippen molar-refractivity contribution >= 4 is 5.96 Å². The molecular formula is C10H23N5. The van der Waals surface area contributed by atoms with E-state index in [2.05, 4.69) is 41.1 Å². The summed E-state index contributed by atoms with van der Waals surface area (Å²) in [5.74, 6) is 6.28. The minimum absolute atomic E-state index is 0.170. The lowest BCUT2D eigenvalue weighted by atomic mass is 10.00. The topological polar surface area (TPSA) is 56.9 Å². The van der Waals surface area contributed by atoms with Crippen LogP contribution in [-0.2, 0) is 0 Å². The number of rotatable bonds is 1. The number of nitrogens with zero attached hydrogens (tertiary/aromatic N) is 3. The number of nitrogens with two attached hydrogens (primary N) is 1. The number of hydrazine groups is 1. The highest BCUT2D eigenvalue weighted by atomic mass is 15.4. The monoisotopic (exact) mass is 213 g/mol. The molecule has 0 aromatic carbocycles. The molecule has 88 valence electrons. The van der Waals surface area contributed by atoms with Gasteiger partial charge in [0.1, 0.15) is 0 Å². The van der Waals surface area contributed by atoms with Crippen molar-refractivity contribution in [3.05, 3.63) is 0 Å². The van der Waals surface area contributed by atoms with Crippen molar-refractivity contribution in [3.8, 4) is 0 Å². The van der Waals surface area contributed by atoms with E-state index in [1.807, 2.05) is 6.92 Å². The molecule has 1 heterocycles. The Morgan fingerprint density at radius 2 is 2.13 bits per heavy atom. The van der Waals surface area contributed by atoms with Crippen LogP contribution in [0.25, 0.3) is 0 Å². The zero-order valence-corrected chi connectivity index (χ0v) is 10.2. The molecule has 0 amide bonds. The van der Waals surface area contributed by atoms with Crippen molar-refractivity contribution in [2.24, 2.45) is 10.8 Å². The van der Waals surface area contributed by atoms with Gasteiger partial charge in [-0.05, 0) is 27.8 Å². The quantitative estimate of drug-likeness (QED) is 0.275. The molecule has 1 aliphatic rings. The van der Waals surface area contributed by atoms with Gasteiger partial charge in [-0.25, -0.2) is 5.84 Å². The highest BCUT2D eigenvalue weighted by Gasteiger charge is 2.32. The standard InChI is InChI=1S/C10H23N5/c1-5-12-9(13-11)15-7-6-14(4)10(2,3)8-15/h5-8,11H2,1-4H3,(H,12,13). The number of nitrogens with one attached hydrogen (secondary N) is 1. The Labute approximate surface area is 92.3 Å². The molecule has 0 spiro atoms. The molecule has 0 aromatic heterocycles. The van der Waals surface area contributed by atoms with Crippen molar-refractivity contribution < 1.29 is 0 Å². The van der Waals surface area contributed by atoms with E-state index in [1.54, 1.807) is 0 Å². The maximum absolute atomic E-state index is 5.48. The van der Waals surface area contributed by atoms with E-state index in [-0.39, 0.29) is 5.54 Å². The van der Waals surface area contributed by atoms with E-state index in [1.165, 1.54) is 0 Å². The minimum atomic E-state index is 0.170. The van der Waals surface area contributed by atoms with Gasteiger partial charge in [0.25, 0.3) is 0 Å². The maximum Gasteiger partial charge on any atom is 0.208 e. The third-order valence-corrected chi connectivity index (χ3v) is 3.05. The van der Waals surface area contributed by atoms with Crippen LogP contribution in [0.1, 0.15) is 20.8 Å². The van der Waals surface area contributed by atoms with Gasteiger partial charge in [-0.1, -0.05) is 0 Å². The van der Waals surface area contributed by atoms with Crippen molar-refractivity contribution in [1.82, 2.24) is 15.2 Å². The van der Waals surface area contributed by atoms with E-state index in [9.17, 15) is 0 Å². The molecular weight excluding hydrogens is 190 g/mol. The summed E-state index contributed by atoms with van der Waals surface area (Å²) in [6.45, 7) is 10.2. The average molecular weight is 213 g/mol. The highest BCUT2D eigenvalue weighted by Crippen LogP contribution is 2.18. The molecule has 15 heavy (non-hydrogen) atoms. The van der Waals surface area contributed by atoms with E-state index in [0.717, 1.165) is 32.1 Å². The third kappa shape index (κ3) is 2.82. The molecule has 0 aromatic rings. The van der Waals surface area contributed by atoms with Crippen molar-refractivity contribution in [1.29, 1.82) is 0 Å². The summed E-state index contributed by atoms with van der Waals surface area (Å²) in [5, 5.41) is 0. The fourth-order valence-corrected chi connectivity index (χ4v) is 1.81. The number of guanidine groups is 1. The first-order valence-corrected chi connectivity index (χ1v) is 5.48. The molecule has 5 heteroatoms. The molecule has 0 saturated carbocycles. The molecule has 0 aliphatic carbocycles. The number of piperazine rings is 1. The van der Waals surface area contributed by atoms with E-state index >= 15 is 0 Å². The van der Waals surface area contributed by atoms with Gasteiger partial charge in [-0.15, -0.1) is 0 Å². The molecule has 1 aliphatic heterocycles. The fourth-order valence-electron chi connectivity index (χ4n) is 1.81. The van der Waals surface area contributed by atoms with Crippen LogP contribution in [0.15, 0.2) is 4.99 Å². The Hall–Kier alpha value is -0.810. The van der Waals surface area contributed by atoms with Crippen molar-refractivity contribution in [2.45, 2.75) is 26.3 Å². The number of hydrogen-bond donors (Lipinski definition) is 2. The molecule has 1 rings (SSSR count). The van der Waals surface area contributed by atoms with Crippen LogP contribution in [-0.4, -0.2) is 54.5 Å². The maximum atomic E-state index is 5.48. The van der Waals surface area contributed by atoms with E-state index < -0.39 is 0 Å². The summed E-state index contributed by atoms with van der Waals surface area (Å²) in [7, 11) is 2.16. The predicted octanol–water partition coefficient (Wildman–Crippen LogP) is -0.148. The largest absolute Gasteiger partial charge is 0.339 e. The van der Waals surface area contributed by atoms with E-state index in [0.29, 0.717) is 0 Å². The highest BCUT2D eigenvalue weighted by molar-refractivity contribution is 5.79. The molecule has 0 atom stereocenters. The molecule has 1 saturated heterocycles. The van der Waals surface area contributed by atoms with Crippen LogP contribution < -0.4 is 11.3 Å². The molecule has 5 nitrogen and oxygen atoms in total. The summed E-state index contributed by atoms with van der Waals surface area (Å²) in [4.78, 5) is 8.92. The summed E-state index contributed by atoms with van der Waals surface area (Å²) in [6.07, 6.45) is 0. The van der Waals surface area contributed by atoms with Crippen LogP contribution in [0, 0.1) is 0 Å². The van der Waals surface area contributed by atoms with Crippen molar-refractivity contribution in [3.63, 3.8) is 0 Å².